The quantitative estimate of drug-likeness (QED) is 0.431. The summed E-state index contributed by atoms with van der Waals surface area (Å²) >= 11 is 7.19. The maximum Gasteiger partial charge on any atom is 0.0816 e. The van der Waals surface area contributed by atoms with E-state index < -0.39 is 0 Å². The van der Waals surface area contributed by atoms with Gasteiger partial charge in [0.2, 0.25) is 0 Å². The zero-order chi connectivity index (χ0) is 21.2. The lowest BCUT2D eigenvalue weighted by atomic mass is 9.99. The standard InChI is InChI=1S/C26H26Br2N2O/c27-22-12-18(13-23(28)16-22)17-31-25-15-21-14-20(19-4-2-1-3-5-19)6-7-24(21)26(25)30-10-8-29-9-11-30/h1-7,12-14,16,25-26,29H,8-11,15,17H2. The number of nitrogens with one attached hydrogen (secondary N) is 1. The fourth-order valence-electron chi connectivity index (χ4n) is 4.85. The second kappa shape index (κ2) is 9.55. The largest absolute Gasteiger partial charge is 0.371 e. The third kappa shape index (κ3) is 4.81. The molecule has 2 aliphatic rings. The van der Waals surface area contributed by atoms with E-state index in [1.54, 1.807) is 0 Å². The number of rotatable bonds is 5. The molecule has 0 bridgehead atoms. The Balaban J connectivity index is 1.42. The molecule has 1 N–H and O–H groups in total. The maximum absolute atomic E-state index is 6.59. The predicted molar refractivity (Wildman–Crippen MR) is 133 cm³/mol. The highest BCUT2D eigenvalue weighted by molar-refractivity contribution is 9.11. The average Bonchev–Trinajstić information content (AvgIpc) is 3.16. The zero-order valence-corrected chi connectivity index (χ0v) is 20.5. The zero-order valence-electron chi connectivity index (χ0n) is 17.4. The molecule has 5 rings (SSSR count). The Hall–Kier alpha value is -1.50. The molecule has 1 aliphatic carbocycles. The maximum atomic E-state index is 6.59. The molecule has 160 valence electrons. The molecule has 3 nitrogen and oxygen atoms in total. The number of ether oxygens (including phenoxy) is 1. The van der Waals surface area contributed by atoms with E-state index in [0.717, 1.165) is 41.5 Å². The first-order valence-electron chi connectivity index (χ1n) is 10.9. The summed E-state index contributed by atoms with van der Waals surface area (Å²) in [7, 11) is 0. The molecule has 0 spiro atoms. The van der Waals surface area contributed by atoms with Gasteiger partial charge >= 0.3 is 0 Å². The summed E-state index contributed by atoms with van der Waals surface area (Å²) in [6, 6.07) is 24.3. The van der Waals surface area contributed by atoms with Crippen LogP contribution >= 0.6 is 31.9 Å². The number of hydrogen-bond donors (Lipinski definition) is 1. The number of nitrogens with zero attached hydrogens (tertiary/aromatic N) is 1. The molecular weight excluding hydrogens is 516 g/mol. The van der Waals surface area contributed by atoms with Gasteiger partial charge in [-0.15, -0.1) is 0 Å². The minimum atomic E-state index is 0.164. The Kier molecular flexibility index (Phi) is 6.58. The lowest BCUT2D eigenvalue weighted by molar-refractivity contribution is -0.0188. The second-order valence-corrected chi connectivity index (χ2v) is 10.2. The van der Waals surface area contributed by atoms with Gasteiger partial charge in [-0.3, -0.25) is 4.90 Å². The summed E-state index contributed by atoms with van der Waals surface area (Å²) in [6.45, 7) is 4.82. The van der Waals surface area contributed by atoms with Gasteiger partial charge in [0.1, 0.15) is 0 Å². The Morgan fingerprint density at radius 3 is 2.35 bits per heavy atom. The fourth-order valence-corrected chi connectivity index (χ4v) is 6.24. The molecule has 2 unspecified atom stereocenters. The Morgan fingerprint density at radius 1 is 0.871 bits per heavy atom. The van der Waals surface area contributed by atoms with Crippen LogP contribution in [0.1, 0.15) is 22.7 Å². The summed E-state index contributed by atoms with van der Waals surface area (Å²) < 4.78 is 8.73. The lowest BCUT2D eigenvalue weighted by Gasteiger charge is -2.36. The van der Waals surface area contributed by atoms with Crippen molar-refractivity contribution >= 4 is 31.9 Å². The summed E-state index contributed by atoms with van der Waals surface area (Å²) in [5.41, 5.74) is 6.59. The summed E-state index contributed by atoms with van der Waals surface area (Å²) in [4.78, 5) is 2.60. The van der Waals surface area contributed by atoms with Gasteiger partial charge in [-0.1, -0.05) is 80.4 Å². The number of fused-ring (bicyclic) bond motifs is 1. The smallest absolute Gasteiger partial charge is 0.0816 e. The molecule has 3 aromatic carbocycles. The molecular formula is C26H26Br2N2O. The van der Waals surface area contributed by atoms with E-state index in [2.05, 4.69) is 109 Å². The van der Waals surface area contributed by atoms with Crippen LogP contribution in [0.5, 0.6) is 0 Å². The van der Waals surface area contributed by atoms with Gasteiger partial charge in [-0.05, 0) is 46.0 Å². The van der Waals surface area contributed by atoms with Gasteiger partial charge in [0.25, 0.3) is 0 Å². The van der Waals surface area contributed by atoms with Crippen LogP contribution in [0, 0.1) is 0 Å². The minimum Gasteiger partial charge on any atom is -0.371 e. The van der Waals surface area contributed by atoms with Crippen LogP contribution in [0.4, 0.5) is 0 Å². The van der Waals surface area contributed by atoms with Crippen molar-refractivity contribution in [1.29, 1.82) is 0 Å². The molecule has 0 radical (unpaired) electrons. The Morgan fingerprint density at radius 2 is 1.61 bits per heavy atom. The molecule has 2 atom stereocenters. The number of hydrogen-bond acceptors (Lipinski definition) is 3. The van der Waals surface area contributed by atoms with E-state index in [4.69, 9.17) is 4.74 Å². The van der Waals surface area contributed by atoms with Gasteiger partial charge in [0.05, 0.1) is 18.8 Å². The summed E-state index contributed by atoms with van der Waals surface area (Å²) in [6.07, 6.45) is 1.12. The molecule has 1 heterocycles. The van der Waals surface area contributed by atoms with Crippen molar-refractivity contribution in [3.63, 3.8) is 0 Å². The molecule has 5 heteroatoms. The monoisotopic (exact) mass is 540 g/mol. The van der Waals surface area contributed by atoms with Gasteiger partial charge < -0.3 is 10.1 Å². The van der Waals surface area contributed by atoms with E-state index >= 15 is 0 Å². The highest BCUT2D eigenvalue weighted by atomic mass is 79.9. The average molecular weight is 542 g/mol. The number of piperazine rings is 1. The second-order valence-electron chi connectivity index (χ2n) is 8.34. The van der Waals surface area contributed by atoms with Gasteiger partial charge in [0, 0.05) is 41.5 Å². The molecule has 0 aromatic heterocycles. The van der Waals surface area contributed by atoms with Crippen molar-refractivity contribution < 1.29 is 4.74 Å². The topological polar surface area (TPSA) is 24.5 Å². The van der Waals surface area contributed by atoms with E-state index in [1.807, 2.05) is 0 Å². The fraction of sp³-hybridized carbons (Fsp3) is 0.308. The van der Waals surface area contributed by atoms with Crippen LogP contribution in [0.15, 0.2) is 75.7 Å². The third-order valence-corrected chi connectivity index (χ3v) is 7.19. The van der Waals surface area contributed by atoms with Crippen molar-refractivity contribution in [2.45, 2.75) is 25.2 Å². The van der Waals surface area contributed by atoms with Gasteiger partial charge in [-0.25, -0.2) is 0 Å². The minimum absolute atomic E-state index is 0.164. The van der Waals surface area contributed by atoms with Crippen molar-refractivity contribution in [3.05, 3.63) is 92.4 Å². The Labute approximate surface area is 201 Å². The first-order valence-corrected chi connectivity index (χ1v) is 12.5. The van der Waals surface area contributed by atoms with E-state index in [1.165, 1.54) is 27.8 Å². The van der Waals surface area contributed by atoms with Crippen LogP contribution < -0.4 is 5.32 Å². The molecule has 0 saturated carbocycles. The molecule has 1 fully saturated rings. The summed E-state index contributed by atoms with van der Waals surface area (Å²) in [5.74, 6) is 0. The molecule has 1 aliphatic heterocycles. The first-order chi connectivity index (χ1) is 15.2. The molecule has 1 saturated heterocycles. The number of halogens is 2. The number of benzene rings is 3. The van der Waals surface area contributed by atoms with E-state index in [0.29, 0.717) is 12.6 Å². The Bertz CT molecular complexity index is 1030. The third-order valence-electron chi connectivity index (χ3n) is 6.27. The van der Waals surface area contributed by atoms with E-state index in [-0.39, 0.29) is 6.10 Å². The molecule has 0 amide bonds. The normalized spacial score (nSPS) is 21.2. The highest BCUT2D eigenvalue weighted by Gasteiger charge is 2.37. The lowest BCUT2D eigenvalue weighted by Crippen LogP contribution is -2.47. The molecule has 3 aromatic rings. The molecule has 31 heavy (non-hydrogen) atoms. The van der Waals surface area contributed by atoms with Crippen LogP contribution in [-0.4, -0.2) is 37.2 Å². The highest BCUT2D eigenvalue weighted by Crippen LogP contribution is 2.40. The van der Waals surface area contributed by atoms with Crippen LogP contribution in [0.25, 0.3) is 11.1 Å². The van der Waals surface area contributed by atoms with Crippen molar-refractivity contribution in [1.82, 2.24) is 10.2 Å². The van der Waals surface area contributed by atoms with Crippen LogP contribution in [-0.2, 0) is 17.8 Å². The van der Waals surface area contributed by atoms with Crippen molar-refractivity contribution in [2.75, 3.05) is 26.2 Å². The van der Waals surface area contributed by atoms with Crippen LogP contribution in [0.2, 0.25) is 0 Å². The van der Waals surface area contributed by atoms with Crippen LogP contribution in [0.3, 0.4) is 0 Å². The van der Waals surface area contributed by atoms with Crippen molar-refractivity contribution in [2.24, 2.45) is 0 Å². The first kappa shape index (κ1) is 21.4. The predicted octanol–water partition coefficient (Wildman–Crippen LogP) is 5.97. The SMILES string of the molecule is Brc1cc(Br)cc(COC2Cc3cc(-c4ccccc4)ccc3C2N2CCNCC2)c1. The van der Waals surface area contributed by atoms with Crippen molar-refractivity contribution in [3.8, 4) is 11.1 Å². The van der Waals surface area contributed by atoms with Gasteiger partial charge in [-0.2, -0.15) is 0 Å². The van der Waals surface area contributed by atoms with Gasteiger partial charge in [0.15, 0.2) is 0 Å². The summed E-state index contributed by atoms with van der Waals surface area (Å²) in [5, 5.41) is 3.49. The van der Waals surface area contributed by atoms with E-state index in [9.17, 15) is 0 Å².